The molecule has 0 bridgehead atoms. The Kier molecular flexibility index (Phi) is 2.51. The minimum atomic E-state index is -0.746. The third kappa shape index (κ3) is 1.78. The zero-order valence-corrected chi connectivity index (χ0v) is 7.14. The molecule has 76 valence electrons. The number of phenols is 2. The zero-order valence-electron chi connectivity index (χ0n) is 7.14. The molecule has 1 aliphatic rings. The Hall–Kier alpha value is -1.34. The van der Waals surface area contributed by atoms with Crippen molar-refractivity contribution in [1.29, 1.82) is 0 Å². The highest BCUT2D eigenvalue weighted by molar-refractivity contribution is 5.39. The fourth-order valence-electron chi connectivity index (χ4n) is 1.12. The molecule has 1 aliphatic heterocycles. The van der Waals surface area contributed by atoms with E-state index >= 15 is 0 Å². The topological polar surface area (TPSA) is 80.2 Å². The predicted octanol–water partition coefficient (Wildman–Crippen LogP) is 0.537. The molecule has 0 radical (unpaired) electrons. The second-order valence-electron chi connectivity index (χ2n) is 2.71. The second kappa shape index (κ2) is 3.81. The van der Waals surface area contributed by atoms with Gasteiger partial charge in [0.25, 0.3) is 0 Å². The number of hydrogen-bond acceptors (Lipinski definition) is 6. The molecule has 1 unspecified atom stereocenters. The van der Waals surface area contributed by atoms with E-state index in [-0.39, 0.29) is 18.3 Å². The first-order chi connectivity index (χ1) is 6.77. The van der Waals surface area contributed by atoms with Crippen LogP contribution < -0.4 is 5.64 Å². The molecule has 0 spiro atoms. The van der Waals surface area contributed by atoms with Crippen LogP contribution in [0.5, 0.6) is 11.5 Å². The fraction of sp³-hybridized carbons (Fsp3) is 0.250. The van der Waals surface area contributed by atoms with Gasteiger partial charge in [-0.2, -0.15) is 0 Å². The average molecular weight is 199 g/mol. The molecule has 0 aromatic heterocycles. The highest BCUT2D eigenvalue weighted by Gasteiger charge is 2.20. The Morgan fingerprint density at radius 2 is 2.21 bits per heavy atom. The maximum Gasteiger partial charge on any atom is 0.211 e. The Bertz CT molecular complexity index is 324. The van der Waals surface area contributed by atoms with E-state index in [2.05, 4.69) is 10.5 Å². The lowest BCUT2D eigenvalue weighted by atomic mass is 10.2. The second-order valence-corrected chi connectivity index (χ2v) is 2.71. The van der Waals surface area contributed by atoms with E-state index < -0.39 is 6.29 Å². The van der Waals surface area contributed by atoms with Crippen molar-refractivity contribution in [2.24, 2.45) is 0 Å². The summed E-state index contributed by atoms with van der Waals surface area (Å²) < 4.78 is 5.04. The molecule has 1 atom stereocenters. The number of nitrogens with one attached hydrogen (secondary N) is 1. The standard InChI is InChI=1S/C8H9NO5/c10-5-1-2-6(7(11)3-5)8-12-4-13-9-14-8/h1-3,8-11H,4H2. The molecule has 0 amide bonds. The van der Waals surface area contributed by atoms with Crippen LogP contribution in [0.3, 0.4) is 0 Å². The van der Waals surface area contributed by atoms with E-state index in [4.69, 9.17) is 14.7 Å². The third-order valence-electron chi connectivity index (χ3n) is 1.76. The molecule has 0 aliphatic carbocycles. The van der Waals surface area contributed by atoms with Crippen molar-refractivity contribution in [3.8, 4) is 11.5 Å². The van der Waals surface area contributed by atoms with Crippen LogP contribution in [0.15, 0.2) is 18.2 Å². The summed E-state index contributed by atoms with van der Waals surface area (Å²) in [4.78, 5) is 9.41. The minimum absolute atomic E-state index is 0.0188. The van der Waals surface area contributed by atoms with Crippen molar-refractivity contribution in [3.05, 3.63) is 23.8 Å². The molecule has 3 N–H and O–H groups in total. The highest BCUT2D eigenvalue weighted by atomic mass is 17.0. The number of hydrogen-bond donors (Lipinski definition) is 3. The van der Waals surface area contributed by atoms with Gasteiger partial charge in [-0.3, -0.25) is 0 Å². The first-order valence-electron chi connectivity index (χ1n) is 3.93. The molecule has 6 heteroatoms. The summed E-state index contributed by atoms with van der Waals surface area (Å²) in [6, 6.07) is 4.14. The zero-order chi connectivity index (χ0) is 9.97. The van der Waals surface area contributed by atoms with Gasteiger partial charge in [-0.25, -0.2) is 9.68 Å². The van der Waals surface area contributed by atoms with Crippen LogP contribution in [-0.4, -0.2) is 17.0 Å². The number of phenolic OH excluding ortho intramolecular Hbond substituents is 2. The molecule has 1 heterocycles. The van der Waals surface area contributed by atoms with E-state index in [1.54, 1.807) is 0 Å². The van der Waals surface area contributed by atoms with Crippen LogP contribution in [0, 0.1) is 0 Å². The van der Waals surface area contributed by atoms with Gasteiger partial charge in [0, 0.05) is 6.07 Å². The number of rotatable bonds is 1. The summed E-state index contributed by atoms with van der Waals surface area (Å²) in [6.45, 7) is 0.0188. The third-order valence-corrected chi connectivity index (χ3v) is 1.76. The van der Waals surface area contributed by atoms with Gasteiger partial charge < -0.3 is 14.9 Å². The van der Waals surface area contributed by atoms with Gasteiger partial charge in [0.05, 0.1) is 5.56 Å². The maximum atomic E-state index is 9.46. The van der Waals surface area contributed by atoms with Crippen molar-refractivity contribution in [3.63, 3.8) is 0 Å². The molecule has 1 aromatic carbocycles. The molecule has 2 rings (SSSR count). The molecule has 0 saturated carbocycles. The average Bonchev–Trinajstić information content (AvgIpc) is 2.19. The molecule has 6 nitrogen and oxygen atoms in total. The molecule has 1 aromatic rings. The summed E-state index contributed by atoms with van der Waals surface area (Å²) in [7, 11) is 0. The predicted molar refractivity (Wildman–Crippen MR) is 43.8 cm³/mol. The summed E-state index contributed by atoms with van der Waals surface area (Å²) in [5.41, 5.74) is 2.59. The Morgan fingerprint density at radius 1 is 1.36 bits per heavy atom. The van der Waals surface area contributed by atoms with Crippen LogP contribution >= 0.6 is 0 Å². The van der Waals surface area contributed by atoms with Crippen LogP contribution in [0.25, 0.3) is 0 Å². The van der Waals surface area contributed by atoms with E-state index in [0.29, 0.717) is 5.56 Å². The minimum Gasteiger partial charge on any atom is -0.508 e. The van der Waals surface area contributed by atoms with E-state index in [1.165, 1.54) is 18.2 Å². The van der Waals surface area contributed by atoms with Crippen molar-refractivity contribution in [1.82, 2.24) is 5.64 Å². The van der Waals surface area contributed by atoms with Gasteiger partial charge >= 0.3 is 0 Å². The first kappa shape index (κ1) is 9.22. The quantitative estimate of drug-likeness (QED) is 0.612. The Balaban J connectivity index is 2.22. The van der Waals surface area contributed by atoms with Crippen molar-refractivity contribution < 1.29 is 24.6 Å². The van der Waals surface area contributed by atoms with Gasteiger partial charge in [-0.15, -0.1) is 0 Å². The van der Waals surface area contributed by atoms with Crippen molar-refractivity contribution >= 4 is 0 Å². The van der Waals surface area contributed by atoms with Gasteiger partial charge in [0.2, 0.25) is 6.29 Å². The molecule has 14 heavy (non-hydrogen) atoms. The summed E-state index contributed by atoms with van der Waals surface area (Å²) >= 11 is 0. The Labute approximate surface area is 79.5 Å². The number of ether oxygens (including phenoxy) is 1. The SMILES string of the molecule is Oc1ccc(C2OCONO2)c(O)c1. The molecule has 1 fully saturated rings. The van der Waals surface area contributed by atoms with Gasteiger partial charge in [-0.1, -0.05) is 5.64 Å². The lowest BCUT2D eigenvalue weighted by Gasteiger charge is -2.23. The largest absolute Gasteiger partial charge is 0.508 e. The lowest BCUT2D eigenvalue weighted by Crippen LogP contribution is -2.29. The fourth-order valence-corrected chi connectivity index (χ4v) is 1.12. The van der Waals surface area contributed by atoms with Crippen LogP contribution in [-0.2, 0) is 14.4 Å². The van der Waals surface area contributed by atoms with Crippen molar-refractivity contribution in [2.75, 3.05) is 6.79 Å². The van der Waals surface area contributed by atoms with E-state index in [1.807, 2.05) is 0 Å². The molecular formula is C8H9NO5. The summed E-state index contributed by atoms with van der Waals surface area (Å²) in [6.07, 6.45) is -0.746. The van der Waals surface area contributed by atoms with Crippen LogP contribution in [0.2, 0.25) is 0 Å². The smallest absolute Gasteiger partial charge is 0.211 e. The van der Waals surface area contributed by atoms with Gasteiger partial charge in [-0.05, 0) is 12.1 Å². The van der Waals surface area contributed by atoms with E-state index in [9.17, 15) is 5.11 Å². The molecule has 1 saturated heterocycles. The maximum absolute atomic E-state index is 9.46. The highest BCUT2D eigenvalue weighted by Crippen LogP contribution is 2.30. The summed E-state index contributed by atoms with van der Waals surface area (Å²) in [5.74, 6) is -0.120. The van der Waals surface area contributed by atoms with Gasteiger partial charge in [0.1, 0.15) is 11.5 Å². The first-order valence-corrected chi connectivity index (χ1v) is 3.93. The van der Waals surface area contributed by atoms with Crippen LogP contribution in [0.1, 0.15) is 11.9 Å². The van der Waals surface area contributed by atoms with E-state index in [0.717, 1.165) is 0 Å². The van der Waals surface area contributed by atoms with Crippen molar-refractivity contribution in [2.45, 2.75) is 6.29 Å². The normalized spacial score (nSPS) is 22.1. The van der Waals surface area contributed by atoms with Crippen LogP contribution in [0.4, 0.5) is 0 Å². The monoisotopic (exact) mass is 199 g/mol. The Morgan fingerprint density at radius 3 is 2.86 bits per heavy atom. The lowest BCUT2D eigenvalue weighted by molar-refractivity contribution is -0.369. The van der Waals surface area contributed by atoms with Gasteiger partial charge in [0.15, 0.2) is 6.79 Å². The summed E-state index contributed by atoms with van der Waals surface area (Å²) in [5, 5.41) is 18.5. The number of benzene rings is 1. The number of aromatic hydroxyl groups is 2. The molecular weight excluding hydrogens is 190 g/mol.